The van der Waals surface area contributed by atoms with Crippen molar-refractivity contribution >= 4 is 18.6 Å². The maximum Gasteiger partial charge on any atom is 0.335 e. The number of carboxylic acid groups (broad SMARTS) is 1. The van der Waals surface area contributed by atoms with E-state index in [4.69, 9.17) is 5.11 Å². The van der Waals surface area contributed by atoms with Crippen LogP contribution in [0.25, 0.3) is 0 Å². The van der Waals surface area contributed by atoms with E-state index < -0.39 is 18.2 Å². The molecule has 2 atom stereocenters. The van der Waals surface area contributed by atoms with Crippen molar-refractivity contribution in [1.29, 1.82) is 0 Å². The molecule has 0 aromatic heterocycles. The molecule has 0 fully saturated rings. The van der Waals surface area contributed by atoms with Crippen LogP contribution in [0.15, 0.2) is 18.2 Å². The summed E-state index contributed by atoms with van der Waals surface area (Å²) in [5.74, 6) is -1.51. The van der Waals surface area contributed by atoms with Crippen LogP contribution in [0.2, 0.25) is 0 Å². The van der Waals surface area contributed by atoms with Crippen LogP contribution in [-0.4, -0.2) is 38.3 Å². The SMILES string of the molecule is O=C(O)c1ccc(C(O)C(O)CS)c(O)c1. The molecule has 6 heteroatoms. The second-order valence-corrected chi connectivity index (χ2v) is 3.64. The molecule has 88 valence electrons. The summed E-state index contributed by atoms with van der Waals surface area (Å²) < 4.78 is 0. The zero-order chi connectivity index (χ0) is 12.3. The number of aliphatic hydroxyl groups excluding tert-OH is 2. The molecular weight excluding hydrogens is 232 g/mol. The molecule has 16 heavy (non-hydrogen) atoms. The van der Waals surface area contributed by atoms with Gasteiger partial charge in [-0.15, -0.1) is 0 Å². The van der Waals surface area contributed by atoms with Gasteiger partial charge in [-0.25, -0.2) is 4.79 Å². The Hall–Kier alpha value is -1.24. The van der Waals surface area contributed by atoms with Crippen LogP contribution in [0.3, 0.4) is 0 Å². The van der Waals surface area contributed by atoms with Crippen molar-refractivity contribution in [3.05, 3.63) is 29.3 Å². The summed E-state index contributed by atoms with van der Waals surface area (Å²) in [5, 5.41) is 37.1. The Morgan fingerprint density at radius 2 is 2.00 bits per heavy atom. The number of aliphatic hydroxyl groups is 2. The molecule has 4 N–H and O–H groups in total. The van der Waals surface area contributed by atoms with Crippen molar-refractivity contribution in [2.45, 2.75) is 12.2 Å². The predicted molar refractivity (Wildman–Crippen MR) is 59.9 cm³/mol. The molecule has 1 aromatic carbocycles. The van der Waals surface area contributed by atoms with Crippen molar-refractivity contribution in [2.24, 2.45) is 0 Å². The molecule has 0 heterocycles. The van der Waals surface area contributed by atoms with Gasteiger partial charge in [-0.05, 0) is 12.1 Å². The first kappa shape index (κ1) is 12.8. The summed E-state index contributed by atoms with van der Waals surface area (Å²) >= 11 is 3.81. The molecule has 0 saturated heterocycles. The van der Waals surface area contributed by atoms with Gasteiger partial charge in [-0.3, -0.25) is 0 Å². The number of carboxylic acids is 1. The van der Waals surface area contributed by atoms with Crippen molar-refractivity contribution in [1.82, 2.24) is 0 Å². The van der Waals surface area contributed by atoms with Crippen molar-refractivity contribution in [2.75, 3.05) is 5.75 Å². The highest BCUT2D eigenvalue weighted by molar-refractivity contribution is 7.80. The summed E-state index contributed by atoms with van der Waals surface area (Å²) in [6.45, 7) is 0. The van der Waals surface area contributed by atoms with E-state index in [0.29, 0.717) is 0 Å². The molecule has 0 spiro atoms. The van der Waals surface area contributed by atoms with Gasteiger partial charge in [-0.2, -0.15) is 12.6 Å². The molecule has 1 rings (SSSR count). The number of thiol groups is 1. The topological polar surface area (TPSA) is 98.0 Å². The normalized spacial score (nSPS) is 14.4. The van der Waals surface area contributed by atoms with Crippen molar-refractivity contribution < 1.29 is 25.2 Å². The van der Waals surface area contributed by atoms with E-state index in [1.807, 2.05) is 0 Å². The molecule has 0 amide bonds. The number of rotatable bonds is 4. The second kappa shape index (κ2) is 5.20. The summed E-state index contributed by atoms with van der Waals surface area (Å²) in [4.78, 5) is 10.6. The Kier molecular flexibility index (Phi) is 4.17. The number of hydrogen-bond donors (Lipinski definition) is 5. The summed E-state index contributed by atoms with van der Waals surface area (Å²) in [7, 11) is 0. The third-order valence-electron chi connectivity index (χ3n) is 2.15. The maximum atomic E-state index is 10.6. The predicted octanol–water partition coefficient (Wildman–Crippen LogP) is 0.414. The molecule has 0 bridgehead atoms. The Balaban J connectivity index is 3.03. The van der Waals surface area contributed by atoms with Crippen LogP contribution in [0.4, 0.5) is 0 Å². The number of carbonyl (C=O) groups is 1. The van der Waals surface area contributed by atoms with E-state index in [1.165, 1.54) is 12.1 Å². The van der Waals surface area contributed by atoms with Crippen LogP contribution < -0.4 is 0 Å². The van der Waals surface area contributed by atoms with E-state index in [9.17, 15) is 20.1 Å². The maximum absolute atomic E-state index is 10.6. The fraction of sp³-hybridized carbons (Fsp3) is 0.300. The van der Waals surface area contributed by atoms with Crippen LogP contribution in [0.5, 0.6) is 5.75 Å². The highest BCUT2D eigenvalue weighted by Crippen LogP contribution is 2.27. The van der Waals surface area contributed by atoms with Gasteiger partial charge in [0.05, 0.1) is 11.7 Å². The third kappa shape index (κ3) is 2.66. The fourth-order valence-electron chi connectivity index (χ4n) is 1.23. The number of aromatic hydroxyl groups is 1. The first-order chi connectivity index (χ1) is 7.47. The van der Waals surface area contributed by atoms with Gasteiger partial charge in [0.1, 0.15) is 11.9 Å². The third-order valence-corrected chi connectivity index (χ3v) is 2.52. The van der Waals surface area contributed by atoms with Crippen LogP contribution in [0.1, 0.15) is 22.0 Å². The molecule has 0 saturated carbocycles. The number of aromatic carboxylic acids is 1. The van der Waals surface area contributed by atoms with Gasteiger partial charge in [0, 0.05) is 11.3 Å². The molecule has 0 aliphatic heterocycles. The monoisotopic (exact) mass is 244 g/mol. The van der Waals surface area contributed by atoms with Gasteiger partial charge < -0.3 is 20.4 Å². The van der Waals surface area contributed by atoms with Gasteiger partial charge >= 0.3 is 5.97 Å². The zero-order valence-corrected chi connectivity index (χ0v) is 9.13. The molecule has 2 unspecified atom stereocenters. The van der Waals surface area contributed by atoms with E-state index in [1.54, 1.807) is 0 Å². The number of hydrogen-bond acceptors (Lipinski definition) is 5. The molecule has 5 nitrogen and oxygen atoms in total. The van der Waals surface area contributed by atoms with Gasteiger partial charge in [0.15, 0.2) is 0 Å². The molecule has 0 aliphatic rings. The van der Waals surface area contributed by atoms with Gasteiger partial charge in [0.25, 0.3) is 0 Å². The van der Waals surface area contributed by atoms with Crippen LogP contribution >= 0.6 is 12.6 Å². The standard InChI is InChI=1S/C10H12O5S/c11-7-3-5(10(14)15)1-2-6(7)9(13)8(12)4-16/h1-3,8-9,11-13,16H,4H2,(H,14,15). The largest absolute Gasteiger partial charge is 0.508 e. The van der Waals surface area contributed by atoms with Crippen molar-refractivity contribution in [3.8, 4) is 5.75 Å². The summed E-state index contributed by atoms with van der Waals surface area (Å²) in [6.07, 6.45) is -2.41. The first-order valence-corrected chi connectivity index (χ1v) is 5.13. The lowest BCUT2D eigenvalue weighted by atomic mass is 10.0. The minimum atomic E-state index is -1.29. The molecule has 0 radical (unpaired) electrons. The Bertz CT molecular complexity index is 393. The Morgan fingerprint density at radius 1 is 1.38 bits per heavy atom. The van der Waals surface area contributed by atoms with Gasteiger partial charge in [-0.1, -0.05) is 6.07 Å². The summed E-state index contributed by atoms with van der Waals surface area (Å²) in [5.41, 5.74) is -0.0136. The quantitative estimate of drug-likeness (QED) is 0.494. The lowest BCUT2D eigenvalue weighted by Crippen LogP contribution is -2.19. The van der Waals surface area contributed by atoms with E-state index in [0.717, 1.165) is 6.07 Å². The van der Waals surface area contributed by atoms with Crippen molar-refractivity contribution in [3.63, 3.8) is 0 Å². The highest BCUT2D eigenvalue weighted by atomic mass is 32.1. The van der Waals surface area contributed by atoms with Crippen LogP contribution in [0, 0.1) is 0 Å². The lowest BCUT2D eigenvalue weighted by Gasteiger charge is -2.17. The molecule has 0 aliphatic carbocycles. The fourth-order valence-corrected chi connectivity index (χ4v) is 1.43. The number of phenols is 1. The second-order valence-electron chi connectivity index (χ2n) is 3.27. The average Bonchev–Trinajstić information content (AvgIpc) is 2.26. The van der Waals surface area contributed by atoms with E-state index in [2.05, 4.69) is 12.6 Å². The smallest absolute Gasteiger partial charge is 0.335 e. The minimum absolute atomic E-state index is 0.0291. The number of benzene rings is 1. The van der Waals surface area contributed by atoms with E-state index in [-0.39, 0.29) is 22.6 Å². The van der Waals surface area contributed by atoms with E-state index >= 15 is 0 Å². The number of phenolic OH excluding ortho intramolecular Hbond substituents is 1. The first-order valence-electron chi connectivity index (χ1n) is 4.50. The Labute approximate surface area is 97.4 Å². The molecule has 1 aromatic rings. The highest BCUT2D eigenvalue weighted by Gasteiger charge is 2.20. The average molecular weight is 244 g/mol. The minimum Gasteiger partial charge on any atom is -0.508 e. The summed E-state index contributed by atoms with van der Waals surface area (Å²) in [6, 6.07) is 3.52. The van der Waals surface area contributed by atoms with Crippen LogP contribution in [-0.2, 0) is 0 Å². The lowest BCUT2D eigenvalue weighted by molar-refractivity contribution is 0.0322. The van der Waals surface area contributed by atoms with Gasteiger partial charge in [0.2, 0.25) is 0 Å². The Morgan fingerprint density at radius 3 is 2.44 bits per heavy atom. The molecular formula is C10H12O5S. The zero-order valence-electron chi connectivity index (χ0n) is 8.24.